The molecule has 4 atom stereocenters. The standard InChI is InChI=1S/C15H22O4/c1-9-5-4-6-14(17)8-15(18)11(7-13(9,14)3)10(2)12(16)19-15/h9,17-18H,4-8H2,1-3H3/t9-,13+,14-,15-/m0/s1. The van der Waals surface area contributed by atoms with Crippen molar-refractivity contribution < 1.29 is 19.7 Å². The van der Waals surface area contributed by atoms with Crippen LogP contribution in [0.4, 0.5) is 0 Å². The fourth-order valence-electron chi connectivity index (χ4n) is 4.28. The van der Waals surface area contributed by atoms with Gasteiger partial charge in [-0.15, -0.1) is 0 Å². The van der Waals surface area contributed by atoms with Crippen molar-refractivity contribution in [2.24, 2.45) is 11.3 Å². The lowest BCUT2D eigenvalue weighted by Crippen LogP contribution is -2.61. The molecule has 1 aliphatic heterocycles. The first kappa shape index (κ1) is 13.1. The maximum Gasteiger partial charge on any atom is 0.336 e. The molecule has 0 spiro atoms. The molecule has 0 aromatic carbocycles. The molecule has 2 saturated carbocycles. The number of aliphatic hydroxyl groups is 2. The van der Waals surface area contributed by atoms with Crippen LogP contribution in [0.2, 0.25) is 0 Å². The van der Waals surface area contributed by atoms with Gasteiger partial charge in [0, 0.05) is 23.0 Å². The average molecular weight is 266 g/mol. The summed E-state index contributed by atoms with van der Waals surface area (Å²) in [5.74, 6) is -1.66. The highest BCUT2D eigenvalue weighted by Crippen LogP contribution is 2.61. The smallest absolute Gasteiger partial charge is 0.336 e. The summed E-state index contributed by atoms with van der Waals surface area (Å²) in [6.07, 6.45) is 3.35. The molecule has 2 N–H and O–H groups in total. The predicted octanol–water partition coefficient (Wildman–Crippen LogP) is 1.90. The van der Waals surface area contributed by atoms with E-state index in [1.165, 1.54) is 0 Å². The van der Waals surface area contributed by atoms with Gasteiger partial charge < -0.3 is 14.9 Å². The van der Waals surface area contributed by atoms with E-state index < -0.39 is 17.4 Å². The van der Waals surface area contributed by atoms with E-state index >= 15 is 0 Å². The second-order valence-corrected chi connectivity index (χ2v) is 6.87. The number of esters is 1. The molecule has 4 heteroatoms. The van der Waals surface area contributed by atoms with Crippen molar-refractivity contribution in [2.45, 2.75) is 64.3 Å². The molecule has 0 unspecified atom stereocenters. The third-order valence-corrected chi connectivity index (χ3v) is 5.95. The molecule has 0 bridgehead atoms. The highest BCUT2D eigenvalue weighted by atomic mass is 16.7. The highest BCUT2D eigenvalue weighted by Gasteiger charge is 2.64. The highest BCUT2D eigenvalue weighted by molar-refractivity contribution is 5.92. The predicted molar refractivity (Wildman–Crippen MR) is 69.0 cm³/mol. The molecule has 2 aliphatic carbocycles. The van der Waals surface area contributed by atoms with Crippen LogP contribution in [0.1, 0.15) is 52.9 Å². The largest absolute Gasteiger partial charge is 0.426 e. The van der Waals surface area contributed by atoms with Crippen LogP contribution < -0.4 is 0 Å². The van der Waals surface area contributed by atoms with Gasteiger partial charge in [0.25, 0.3) is 0 Å². The Morgan fingerprint density at radius 2 is 2.05 bits per heavy atom. The van der Waals surface area contributed by atoms with Gasteiger partial charge in [-0.05, 0) is 32.1 Å². The zero-order valence-electron chi connectivity index (χ0n) is 11.8. The Morgan fingerprint density at radius 1 is 1.37 bits per heavy atom. The Bertz CT molecular complexity index is 483. The molecule has 3 aliphatic rings. The summed E-state index contributed by atoms with van der Waals surface area (Å²) < 4.78 is 5.14. The van der Waals surface area contributed by atoms with Gasteiger partial charge in [0.2, 0.25) is 5.79 Å². The summed E-state index contributed by atoms with van der Waals surface area (Å²) in [6.45, 7) is 5.94. The van der Waals surface area contributed by atoms with Crippen LogP contribution in [-0.2, 0) is 9.53 Å². The van der Waals surface area contributed by atoms with E-state index in [0.717, 1.165) is 12.8 Å². The van der Waals surface area contributed by atoms with Crippen molar-refractivity contribution in [3.63, 3.8) is 0 Å². The van der Waals surface area contributed by atoms with Gasteiger partial charge in [-0.1, -0.05) is 20.3 Å². The van der Waals surface area contributed by atoms with Gasteiger partial charge in [-0.2, -0.15) is 0 Å². The summed E-state index contributed by atoms with van der Waals surface area (Å²) in [5, 5.41) is 21.6. The van der Waals surface area contributed by atoms with Crippen molar-refractivity contribution >= 4 is 5.97 Å². The van der Waals surface area contributed by atoms with Crippen LogP contribution >= 0.6 is 0 Å². The van der Waals surface area contributed by atoms with E-state index in [9.17, 15) is 15.0 Å². The van der Waals surface area contributed by atoms with E-state index in [0.29, 0.717) is 29.9 Å². The Morgan fingerprint density at radius 3 is 2.74 bits per heavy atom. The third kappa shape index (κ3) is 1.50. The maximum atomic E-state index is 11.7. The number of ether oxygens (including phenoxy) is 1. The number of fused-ring (bicyclic) bond motifs is 2. The van der Waals surface area contributed by atoms with Crippen molar-refractivity contribution in [3.05, 3.63) is 11.1 Å². The topological polar surface area (TPSA) is 66.8 Å². The molecule has 19 heavy (non-hydrogen) atoms. The fourth-order valence-corrected chi connectivity index (χ4v) is 4.28. The number of carbonyl (C=O) groups excluding carboxylic acids is 1. The minimum atomic E-state index is -1.58. The molecule has 2 fully saturated rings. The summed E-state index contributed by atoms with van der Waals surface area (Å²) in [4.78, 5) is 11.7. The zero-order valence-corrected chi connectivity index (χ0v) is 11.8. The van der Waals surface area contributed by atoms with Crippen LogP contribution in [0.3, 0.4) is 0 Å². The molecular weight excluding hydrogens is 244 g/mol. The SMILES string of the molecule is CC1=C2C[C@]3(C)[C@@H](C)CCC[C@]3(O)C[C@]2(O)OC1=O. The molecular formula is C15H22O4. The third-order valence-electron chi connectivity index (χ3n) is 5.95. The molecule has 0 aromatic rings. The van der Waals surface area contributed by atoms with Crippen LogP contribution in [0, 0.1) is 11.3 Å². The van der Waals surface area contributed by atoms with Crippen molar-refractivity contribution in [2.75, 3.05) is 0 Å². The second-order valence-electron chi connectivity index (χ2n) is 6.87. The van der Waals surface area contributed by atoms with Crippen LogP contribution in [-0.4, -0.2) is 27.6 Å². The lowest BCUT2D eigenvalue weighted by molar-refractivity contribution is -0.247. The first-order valence-electron chi connectivity index (χ1n) is 7.10. The molecule has 106 valence electrons. The number of hydrogen-bond acceptors (Lipinski definition) is 4. The van der Waals surface area contributed by atoms with E-state index in [1.54, 1.807) is 6.92 Å². The monoisotopic (exact) mass is 266 g/mol. The van der Waals surface area contributed by atoms with Crippen molar-refractivity contribution in [3.8, 4) is 0 Å². The van der Waals surface area contributed by atoms with Gasteiger partial charge in [0.15, 0.2) is 0 Å². The number of carbonyl (C=O) groups is 1. The Labute approximate surface area is 113 Å². The molecule has 0 radical (unpaired) electrons. The van der Waals surface area contributed by atoms with Crippen LogP contribution in [0.5, 0.6) is 0 Å². The van der Waals surface area contributed by atoms with Crippen molar-refractivity contribution in [1.82, 2.24) is 0 Å². The summed E-state index contributed by atoms with van der Waals surface area (Å²) in [5.41, 5.74) is -0.0439. The van der Waals surface area contributed by atoms with Gasteiger partial charge in [-0.25, -0.2) is 4.79 Å². The minimum Gasteiger partial charge on any atom is -0.426 e. The normalized spacial score (nSPS) is 49.7. The summed E-state index contributed by atoms with van der Waals surface area (Å²) in [7, 11) is 0. The van der Waals surface area contributed by atoms with Gasteiger partial charge in [0.1, 0.15) is 0 Å². The van der Waals surface area contributed by atoms with Crippen molar-refractivity contribution in [1.29, 1.82) is 0 Å². The average Bonchev–Trinajstić information content (AvgIpc) is 2.50. The first-order valence-corrected chi connectivity index (χ1v) is 7.10. The molecule has 1 heterocycles. The van der Waals surface area contributed by atoms with Crippen LogP contribution in [0.15, 0.2) is 11.1 Å². The van der Waals surface area contributed by atoms with Gasteiger partial charge >= 0.3 is 5.97 Å². The molecule has 0 amide bonds. The van der Waals surface area contributed by atoms with E-state index in [1.807, 2.05) is 0 Å². The Balaban J connectivity index is 2.09. The molecule has 3 rings (SSSR count). The zero-order chi connectivity index (χ0) is 14.1. The second kappa shape index (κ2) is 3.61. The molecule has 4 nitrogen and oxygen atoms in total. The van der Waals surface area contributed by atoms with E-state index in [4.69, 9.17) is 4.74 Å². The van der Waals surface area contributed by atoms with E-state index in [-0.39, 0.29) is 11.8 Å². The van der Waals surface area contributed by atoms with Gasteiger partial charge in [-0.3, -0.25) is 0 Å². The Hall–Kier alpha value is -0.870. The Kier molecular flexibility index (Phi) is 2.50. The summed E-state index contributed by atoms with van der Waals surface area (Å²) in [6, 6.07) is 0. The fraction of sp³-hybridized carbons (Fsp3) is 0.800. The number of hydrogen-bond donors (Lipinski definition) is 2. The quantitative estimate of drug-likeness (QED) is 0.657. The lowest BCUT2D eigenvalue weighted by atomic mass is 9.51. The maximum absolute atomic E-state index is 11.7. The molecule has 0 aromatic heterocycles. The van der Waals surface area contributed by atoms with Gasteiger partial charge in [0.05, 0.1) is 5.60 Å². The number of rotatable bonds is 0. The first-order chi connectivity index (χ1) is 8.72. The van der Waals surface area contributed by atoms with Crippen LogP contribution in [0.25, 0.3) is 0 Å². The summed E-state index contributed by atoms with van der Waals surface area (Å²) >= 11 is 0. The lowest BCUT2D eigenvalue weighted by Gasteiger charge is -2.58. The van der Waals surface area contributed by atoms with E-state index in [2.05, 4.69) is 13.8 Å². The molecule has 0 saturated heterocycles. The minimum absolute atomic E-state index is 0.110.